The molecule has 0 atom stereocenters. The Labute approximate surface area is 105 Å². The molecule has 0 saturated carbocycles. The lowest BCUT2D eigenvalue weighted by atomic mass is 10.1. The molecule has 0 rings (SSSR count). The molecule has 0 aromatic heterocycles. The Morgan fingerprint density at radius 2 is 1.65 bits per heavy atom. The maximum atomic E-state index is 10.5. The number of aliphatic hydroxyl groups is 1. The van der Waals surface area contributed by atoms with E-state index >= 15 is 0 Å². The highest BCUT2D eigenvalue weighted by Gasteiger charge is 2.06. The van der Waals surface area contributed by atoms with Gasteiger partial charge in [0, 0.05) is 19.7 Å². The van der Waals surface area contributed by atoms with Crippen molar-refractivity contribution >= 4 is 5.97 Å². The third kappa shape index (κ3) is 11.6. The number of hydrogen-bond acceptors (Lipinski definition) is 3. The maximum absolute atomic E-state index is 10.5. The normalized spacial score (nSPS) is 11.0. The second-order valence-electron chi connectivity index (χ2n) is 4.48. The Bertz CT molecular complexity index is 186. The van der Waals surface area contributed by atoms with Gasteiger partial charge in [-0.25, -0.2) is 0 Å². The van der Waals surface area contributed by atoms with Crippen molar-refractivity contribution in [3.05, 3.63) is 0 Å². The zero-order valence-corrected chi connectivity index (χ0v) is 11.0. The van der Waals surface area contributed by atoms with Gasteiger partial charge >= 0.3 is 5.97 Å². The first-order valence-electron chi connectivity index (χ1n) is 6.75. The molecule has 0 aliphatic carbocycles. The quantitative estimate of drug-likeness (QED) is 0.517. The molecule has 102 valence electrons. The molecule has 4 heteroatoms. The maximum Gasteiger partial charge on any atom is 0.304 e. The highest BCUT2D eigenvalue weighted by atomic mass is 16.4. The predicted molar refractivity (Wildman–Crippen MR) is 69.2 cm³/mol. The molecule has 0 saturated heterocycles. The lowest BCUT2D eigenvalue weighted by Crippen LogP contribution is -2.29. The Morgan fingerprint density at radius 3 is 2.24 bits per heavy atom. The molecule has 0 heterocycles. The molecule has 0 aliphatic rings. The number of rotatable bonds is 12. The van der Waals surface area contributed by atoms with Crippen LogP contribution in [0.15, 0.2) is 0 Å². The summed E-state index contributed by atoms with van der Waals surface area (Å²) >= 11 is 0. The van der Waals surface area contributed by atoms with Crippen molar-refractivity contribution in [2.45, 2.75) is 51.9 Å². The fraction of sp³-hybridized carbons (Fsp3) is 0.923. The van der Waals surface area contributed by atoms with Crippen molar-refractivity contribution in [3.8, 4) is 0 Å². The van der Waals surface area contributed by atoms with E-state index in [0.717, 1.165) is 25.9 Å². The van der Waals surface area contributed by atoms with E-state index in [1.807, 2.05) is 0 Å². The molecule has 0 radical (unpaired) electrons. The summed E-state index contributed by atoms with van der Waals surface area (Å²) in [5, 5.41) is 17.4. The fourth-order valence-electron chi connectivity index (χ4n) is 1.82. The van der Waals surface area contributed by atoms with Crippen LogP contribution in [0.4, 0.5) is 0 Å². The molecular weight excluding hydrogens is 218 g/mol. The van der Waals surface area contributed by atoms with Crippen LogP contribution in [0.3, 0.4) is 0 Å². The van der Waals surface area contributed by atoms with Gasteiger partial charge in [-0.15, -0.1) is 0 Å². The van der Waals surface area contributed by atoms with Crippen molar-refractivity contribution < 1.29 is 15.0 Å². The van der Waals surface area contributed by atoms with Crippen LogP contribution in [0.5, 0.6) is 0 Å². The summed E-state index contributed by atoms with van der Waals surface area (Å²) in [5.74, 6) is -0.745. The van der Waals surface area contributed by atoms with Gasteiger partial charge in [0.2, 0.25) is 0 Å². The lowest BCUT2D eigenvalue weighted by molar-refractivity contribution is -0.137. The number of carbonyl (C=O) groups is 1. The summed E-state index contributed by atoms with van der Waals surface area (Å²) in [6.45, 7) is 4.73. The molecule has 0 bridgehead atoms. The summed E-state index contributed by atoms with van der Waals surface area (Å²) in [5.41, 5.74) is 0. The average Bonchev–Trinajstić information content (AvgIpc) is 2.31. The van der Waals surface area contributed by atoms with E-state index in [2.05, 4.69) is 11.8 Å². The first-order valence-corrected chi connectivity index (χ1v) is 6.75. The van der Waals surface area contributed by atoms with Crippen molar-refractivity contribution in [1.29, 1.82) is 0 Å². The smallest absolute Gasteiger partial charge is 0.304 e. The number of nitrogens with zero attached hydrogens (tertiary/aromatic N) is 1. The summed E-state index contributed by atoms with van der Waals surface area (Å²) in [7, 11) is 0. The molecule has 17 heavy (non-hydrogen) atoms. The lowest BCUT2D eigenvalue weighted by Gasteiger charge is -2.20. The van der Waals surface area contributed by atoms with Crippen molar-refractivity contribution in [1.82, 2.24) is 4.90 Å². The summed E-state index contributed by atoms with van der Waals surface area (Å²) in [4.78, 5) is 12.7. The molecule has 0 fully saturated rings. The number of unbranched alkanes of at least 4 members (excludes halogenated alkanes) is 4. The molecule has 0 aromatic rings. The minimum atomic E-state index is -0.745. The number of aliphatic carboxylic acids is 1. The van der Waals surface area contributed by atoms with Gasteiger partial charge in [-0.3, -0.25) is 4.79 Å². The van der Waals surface area contributed by atoms with Crippen LogP contribution >= 0.6 is 0 Å². The van der Waals surface area contributed by atoms with Crippen molar-refractivity contribution in [2.24, 2.45) is 0 Å². The van der Waals surface area contributed by atoms with Gasteiger partial charge in [-0.2, -0.15) is 0 Å². The largest absolute Gasteiger partial charge is 0.481 e. The average molecular weight is 245 g/mol. The Kier molecular flexibility index (Phi) is 11.4. The van der Waals surface area contributed by atoms with Crippen LogP contribution in [-0.2, 0) is 4.79 Å². The van der Waals surface area contributed by atoms with E-state index in [4.69, 9.17) is 10.2 Å². The second-order valence-corrected chi connectivity index (χ2v) is 4.48. The molecule has 0 unspecified atom stereocenters. The molecule has 0 aliphatic heterocycles. The number of hydrogen-bond donors (Lipinski definition) is 2. The Balaban J connectivity index is 3.64. The predicted octanol–water partition coefficient (Wildman–Crippen LogP) is 2.12. The number of carboxylic acids is 1. The Morgan fingerprint density at radius 1 is 1.00 bits per heavy atom. The molecule has 4 nitrogen and oxygen atoms in total. The van der Waals surface area contributed by atoms with Crippen LogP contribution in [-0.4, -0.2) is 47.3 Å². The van der Waals surface area contributed by atoms with Gasteiger partial charge in [0.15, 0.2) is 0 Å². The van der Waals surface area contributed by atoms with Gasteiger partial charge in [-0.05, 0) is 19.4 Å². The molecular formula is C13H27NO3. The monoisotopic (exact) mass is 245 g/mol. The third-order valence-electron chi connectivity index (χ3n) is 2.85. The van der Waals surface area contributed by atoms with Crippen molar-refractivity contribution in [3.63, 3.8) is 0 Å². The van der Waals surface area contributed by atoms with Gasteiger partial charge < -0.3 is 15.1 Å². The first-order chi connectivity index (χ1) is 8.20. The summed E-state index contributed by atoms with van der Waals surface area (Å²) in [6.07, 6.45) is 7.07. The Hall–Kier alpha value is -0.610. The first kappa shape index (κ1) is 16.4. The van der Waals surface area contributed by atoms with Crippen LogP contribution in [0.2, 0.25) is 0 Å². The van der Waals surface area contributed by atoms with Crippen LogP contribution < -0.4 is 0 Å². The number of aliphatic hydroxyl groups excluding tert-OH is 1. The van der Waals surface area contributed by atoms with E-state index < -0.39 is 5.97 Å². The second kappa shape index (κ2) is 11.9. The van der Waals surface area contributed by atoms with Crippen LogP contribution in [0.1, 0.15) is 51.9 Å². The summed E-state index contributed by atoms with van der Waals surface area (Å²) in [6, 6.07) is 0. The molecule has 0 spiro atoms. The van der Waals surface area contributed by atoms with Crippen molar-refractivity contribution in [2.75, 3.05) is 26.2 Å². The van der Waals surface area contributed by atoms with E-state index in [9.17, 15) is 4.79 Å². The number of carboxylic acid groups (broad SMARTS) is 1. The summed E-state index contributed by atoms with van der Waals surface area (Å²) < 4.78 is 0. The fourth-order valence-corrected chi connectivity index (χ4v) is 1.82. The molecule has 0 amide bonds. The van der Waals surface area contributed by atoms with Crippen LogP contribution in [0.25, 0.3) is 0 Å². The zero-order chi connectivity index (χ0) is 12.9. The van der Waals surface area contributed by atoms with E-state index in [1.165, 1.54) is 25.7 Å². The molecule has 2 N–H and O–H groups in total. The van der Waals surface area contributed by atoms with Gasteiger partial charge in [0.1, 0.15) is 0 Å². The topological polar surface area (TPSA) is 60.8 Å². The highest BCUT2D eigenvalue weighted by Crippen LogP contribution is 2.05. The van der Waals surface area contributed by atoms with Gasteiger partial charge in [0.05, 0.1) is 6.42 Å². The minimum absolute atomic E-state index is 0.180. The van der Waals surface area contributed by atoms with Gasteiger partial charge in [-0.1, -0.05) is 32.6 Å². The van der Waals surface area contributed by atoms with Gasteiger partial charge in [0.25, 0.3) is 0 Å². The highest BCUT2D eigenvalue weighted by molar-refractivity contribution is 5.66. The SMILES string of the molecule is CCCCCCCN(CCCO)CCC(=O)O. The standard InChI is InChI=1S/C13H27NO3/c1-2-3-4-5-6-9-14(10-7-12-15)11-8-13(16)17/h15H,2-12H2,1H3,(H,16,17). The van der Waals surface area contributed by atoms with E-state index in [-0.39, 0.29) is 13.0 Å². The van der Waals surface area contributed by atoms with E-state index in [0.29, 0.717) is 6.54 Å². The third-order valence-corrected chi connectivity index (χ3v) is 2.85. The van der Waals surface area contributed by atoms with E-state index in [1.54, 1.807) is 0 Å². The zero-order valence-electron chi connectivity index (χ0n) is 11.0. The van der Waals surface area contributed by atoms with Crippen LogP contribution in [0, 0.1) is 0 Å². The minimum Gasteiger partial charge on any atom is -0.481 e. The molecule has 0 aromatic carbocycles.